The molecule has 0 unspecified atom stereocenters. The fourth-order valence-electron chi connectivity index (χ4n) is 4.59. The number of aryl methyl sites for hydroxylation is 2. The highest BCUT2D eigenvalue weighted by atomic mass is 16.7. The van der Waals surface area contributed by atoms with Crippen LogP contribution in [0.3, 0.4) is 0 Å². The van der Waals surface area contributed by atoms with Gasteiger partial charge < -0.3 is 28.1 Å². The van der Waals surface area contributed by atoms with Gasteiger partial charge in [0.05, 0.1) is 48.7 Å². The van der Waals surface area contributed by atoms with Gasteiger partial charge in [-0.3, -0.25) is 4.90 Å². The van der Waals surface area contributed by atoms with Crippen molar-refractivity contribution in [2.45, 2.75) is 20.1 Å². The molecule has 40 heavy (non-hydrogen) atoms. The minimum absolute atomic E-state index is 0.00472. The summed E-state index contributed by atoms with van der Waals surface area (Å²) in [7, 11) is 4.66. The zero-order valence-corrected chi connectivity index (χ0v) is 22.5. The van der Waals surface area contributed by atoms with Crippen molar-refractivity contribution >= 4 is 33.8 Å². The SMILES string of the molecule is COc1ccc(N(C)C(=O)O[C@@H]2COc3c(cc(C)c4oc(-c5cc(C)cc6nc(OC)cnc56)cc34)O2)cn1. The number of ether oxygens (including phenoxy) is 5. The van der Waals surface area contributed by atoms with E-state index in [0.717, 1.165) is 22.1 Å². The molecular formula is C29H26N4O7. The molecule has 3 aromatic heterocycles. The van der Waals surface area contributed by atoms with Crippen molar-refractivity contribution in [3.05, 3.63) is 59.9 Å². The van der Waals surface area contributed by atoms with E-state index in [1.54, 1.807) is 38.6 Å². The Hall–Kier alpha value is -5.06. The number of nitrogens with zero attached hydrogens (tertiary/aromatic N) is 4. The molecule has 1 amide bonds. The summed E-state index contributed by atoms with van der Waals surface area (Å²) >= 11 is 0. The first-order chi connectivity index (χ1) is 19.3. The third kappa shape index (κ3) is 4.45. The lowest BCUT2D eigenvalue weighted by molar-refractivity contribution is -0.0718. The first kappa shape index (κ1) is 25.2. The van der Waals surface area contributed by atoms with Crippen LogP contribution in [0, 0.1) is 13.8 Å². The van der Waals surface area contributed by atoms with Crippen LogP contribution in [0.25, 0.3) is 33.3 Å². The van der Waals surface area contributed by atoms with Crippen molar-refractivity contribution in [1.82, 2.24) is 15.0 Å². The van der Waals surface area contributed by atoms with Crippen LogP contribution in [0.5, 0.6) is 23.3 Å². The molecule has 0 saturated carbocycles. The number of aromatic nitrogens is 3. The van der Waals surface area contributed by atoms with Crippen molar-refractivity contribution in [2.24, 2.45) is 0 Å². The Morgan fingerprint density at radius 2 is 1.85 bits per heavy atom. The molecule has 0 saturated heterocycles. The summed E-state index contributed by atoms with van der Waals surface area (Å²) in [5.41, 5.74) is 5.24. The van der Waals surface area contributed by atoms with E-state index in [2.05, 4.69) is 15.0 Å². The van der Waals surface area contributed by atoms with Gasteiger partial charge in [-0.2, -0.15) is 0 Å². The predicted molar refractivity (Wildman–Crippen MR) is 146 cm³/mol. The highest BCUT2D eigenvalue weighted by Gasteiger charge is 2.30. The van der Waals surface area contributed by atoms with E-state index in [1.807, 2.05) is 32.0 Å². The molecule has 4 heterocycles. The van der Waals surface area contributed by atoms with Crippen LogP contribution < -0.4 is 23.8 Å². The number of pyridine rings is 1. The second-order valence-electron chi connectivity index (χ2n) is 9.33. The number of furan rings is 1. The van der Waals surface area contributed by atoms with Crippen LogP contribution in [-0.2, 0) is 4.74 Å². The van der Waals surface area contributed by atoms with E-state index < -0.39 is 12.4 Å². The third-order valence-electron chi connectivity index (χ3n) is 6.60. The first-order valence-corrected chi connectivity index (χ1v) is 12.5. The number of amides is 1. The maximum Gasteiger partial charge on any atom is 0.417 e. The third-order valence-corrected chi connectivity index (χ3v) is 6.60. The van der Waals surface area contributed by atoms with E-state index in [1.165, 1.54) is 18.2 Å². The Kier molecular flexibility index (Phi) is 6.25. The Balaban J connectivity index is 1.28. The molecule has 11 heteroatoms. The normalized spacial score (nSPS) is 14.3. The largest absolute Gasteiger partial charge is 0.481 e. The number of fused-ring (bicyclic) bond motifs is 4. The second kappa shape index (κ2) is 9.92. The average Bonchev–Trinajstić information content (AvgIpc) is 3.42. The zero-order chi connectivity index (χ0) is 28.0. The average molecular weight is 543 g/mol. The van der Waals surface area contributed by atoms with Crippen LogP contribution in [0.2, 0.25) is 0 Å². The predicted octanol–water partition coefficient (Wildman–Crippen LogP) is 5.44. The Morgan fingerprint density at radius 1 is 1.02 bits per heavy atom. The van der Waals surface area contributed by atoms with Gasteiger partial charge in [0, 0.05) is 18.7 Å². The molecule has 0 N–H and O–H groups in total. The highest BCUT2D eigenvalue weighted by molar-refractivity contribution is 5.97. The molecule has 1 aliphatic heterocycles. The van der Waals surface area contributed by atoms with E-state index in [-0.39, 0.29) is 6.61 Å². The lowest BCUT2D eigenvalue weighted by Gasteiger charge is -2.28. The summed E-state index contributed by atoms with van der Waals surface area (Å²) in [5.74, 6) is 2.46. The fraction of sp³-hybridized carbons (Fsp3) is 0.241. The fourth-order valence-corrected chi connectivity index (χ4v) is 4.59. The molecule has 11 nitrogen and oxygen atoms in total. The van der Waals surface area contributed by atoms with Gasteiger partial charge in [-0.1, -0.05) is 0 Å². The van der Waals surface area contributed by atoms with Crippen molar-refractivity contribution in [3.63, 3.8) is 0 Å². The molecule has 0 spiro atoms. The zero-order valence-electron chi connectivity index (χ0n) is 22.5. The number of carbonyl (C=O) groups excluding carboxylic acids is 1. The molecule has 0 bridgehead atoms. The monoisotopic (exact) mass is 542 g/mol. The van der Waals surface area contributed by atoms with Crippen LogP contribution in [0.15, 0.2) is 53.2 Å². The summed E-state index contributed by atoms with van der Waals surface area (Å²) in [4.78, 5) is 27.3. The smallest absolute Gasteiger partial charge is 0.417 e. The molecular weight excluding hydrogens is 516 g/mol. The van der Waals surface area contributed by atoms with E-state index in [9.17, 15) is 4.79 Å². The van der Waals surface area contributed by atoms with Gasteiger partial charge in [0.25, 0.3) is 6.29 Å². The van der Waals surface area contributed by atoms with Crippen molar-refractivity contribution < 1.29 is 32.9 Å². The quantitative estimate of drug-likeness (QED) is 0.284. The van der Waals surface area contributed by atoms with Gasteiger partial charge in [0.1, 0.15) is 11.3 Å². The van der Waals surface area contributed by atoms with Crippen LogP contribution in [0.4, 0.5) is 10.5 Å². The Bertz CT molecular complexity index is 1750. The summed E-state index contributed by atoms with van der Waals surface area (Å²) in [5, 5.41) is 0.743. The van der Waals surface area contributed by atoms with E-state index in [0.29, 0.717) is 51.3 Å². The molecule has 1 aliphatic rings. The number of rotatable bonds is 5. The number of methoxy groups -OCH3 is 2. The molecule has 2 aromatic carbocycles. The Labute approximate surface area is 229 Å². The number of carbonyl (C=O) groups is 1. The summed E-state index contributed by atoms with van der Waals surface area (Å²) in [6, 6.07) is 11.0. The van der Waals surface area contributed by atoms with Gasteiger partial charge in [-0.25, -0.2) is 19.7 Å². The minimum atomic E-state index is -0.942. The lowest BCUT2D eigenvalue weighted by Crippen LogP contribution is -2.38. The summed E-state index contributed by atoms with van der Waals surface area (Å²) in [6.07, 6.45) is 1.54. The van der Waals surface area contributed by atoms with Gasteiger partial charge in [0.15, 0.2) is 18.1 Å². The maximum atomic E-state index is 12.8. The molecule has 5 aromatic rings. The van der Waals surface area contributed by atoms with Crippen molar-refractivity contribution in [3.8, 4) is 34.6 Å². The topological polar surface area (TPSA) is 118 Å². The number of benzene rings is 2. The summed E-state index contributed by atoms with van der Waals surface area (Å²) in [6.45, 7) is 3.91. The minimum Gasteiger partial charge on any atom is -0.481 e. The highest BCUT2D eigenvalue weighted by Crippen LogP contribution is 2.44. The number of hydrogen-bond acceptors (Lipinski definition) is 10. The molecule has 0 radical (unpaired) electrons. The van der Waals surface area contributed by atoms with Crippen LogP contribution in [0.1, 0.15) is 11.1 Å². The maximum absolute atomic E-state index is 12.8. The van der Waals surface area contributed by atoms with Crippen LogP contribution >= 0.6 is 0 Å². The Morgan fingerprint density at radius 3 is 2.60 bits per heavy atom. The van der Waals surface area contributed by atoms with E-state index in [4.69, 9.17) is 28.1 Å². The van der Waals surface area contributed by atoms with Gasteiger partial charge in [0.2, 0.25) is 11.8 Å². The second-order valence-corrected chi connectivity index (χ2v) is 9.33. The van der Waals surface area contributed by atoms with Gasteiger partial charge >= 0.3 is 6.09 Å². The molecule has 0 aliphatic carbocycles. The number of hydrogen-bond donors (Lipinski definition) is 0. The van der Waals surface area contributed by atoms with Crippen LogP contribution in [-0.4, -0.2) is 55.2 Å². The van der Waals surface area contributed by atoms with E-state index >= 15 is 0 Å². The standard InChI is InChI=1S/C29H26N4O7/c1-15-8-18(26-20(9-15)32-24(36-5)13-31-26)21-11-19-27(39-21)16(2)10-22-28(19)37-14-25(38-22)40-29(34)33(3)17-6-7-23(35-4)30-12-17/h6-13,25H,14H2,1-5H3/t25-/m1/s1. The van der Waals surface area contributed by atoms with Crippen molar-refractivity contribution in [2.75, 3.05) is 32.8 Å². The molecule has 6 rings (SSSR count). The van der Waals surface area contributed by atoms with Crippen molar-refractivity contribution in [1.29, 1.82) is 0 Å². The molecule has 204 valence electrons. The van der Waals surface area contributed by atoms with Gasteiger partial charge in [-0.05, 0) is 55.3 Å². The summed E-state index contributed by atoms with van der Waals surface area (Å²) < 4.78 is 34.3. The van der Waals surface area contributed by atoms with Gasteiger partial charge in [-0.15, -0.1) is 0 Å². The number of anilines is 1. The first-order valence-electron chi connectivity index (χ1n) is 12.5. The lowest BCUT2D eigenvalue weighted by atomic mass is 10.1. The molecule has 1 atom stereocenters. The molecule has 0 fully saturated rings.